The van der Waals surface area contributed by atoms with Crippen molar-refractivity contribution in [1.29, 1.82) is 0 Å². The lowest BCUT2D eigenvalue weighted by Crippen LogP contribution is -1.88. The summed E-state index contributed by atoms with van der Waals surface area (Å²) in [5.74, 6) is 0. The Bertz CT molecular complexity index is 338. The second-order valence-electron chi connectivity index (χ2n) is 2.67. The number of azide groups is 1. The number of carbonyl (C=O) groups is 1. The average Bonchev–Trinajstić information content (AvgIpc) is 2.18. The molecule has 0 spiro atoms. The molecule has 0 N–H and O–H groups in total. The van der Waals surface area contributed by atoms with Crippen LogP contribution in [0.1, 0.15) is 28.9 Å². The van der Waals surface area contributed by atoms with Crippen molar-refractivity contribution >= 4 is 6.29 Å². The maximum absolute atomic E-state index is 10.3. The van der Waals surface area contributed by atoms with Gasteiger partial charge in [-0.15, -0.1) is 0 Å². The molecular formula is C9H9N3O. The molecule has 0 saturated heterocycles. The molecule has 0 fully saturated rings. The standard InChI is InChI=1S/C9H9N3O/c1-7(11-12-10)9-4-2-8(6-13)3-5-9/h2-7H,1H3. The third-order valence-corrected chi connectivity index (χ3v) is 1.78. The second kappa shape index (κ2) is 4.28. The smallest absolute Gasteiger partial charge is 0.150 e. The van der Waals surface area contributed by atoms with Gasteiger partial charge in [-0.05, 0) is 11.1 Å². The van der Waals surface area contributed by atoms with Crippen molar-refractivity contribution in [2.75, 3.05) is 0 Å². The van der Waals surface area contributed by atoms with Gasteiger partial charge in [-0.1, -0.05) is 36.3 Å². The molecule has 0 bridgehead atoms. The van der Waals surface area contributed by atoms with Crippen molar-refractivity contribution in [3.05, 3.63) is 45.8 Å². The van der Waals surface area contributed by atoms with E-state index < -0.39 is 0 Å². The molecule has 0 amide bonds. The Labute approximate surface area is 75.8 Å². The van der Waals surface area contributed by atoms with Crippen LogP contribution in [0.3, 0.4) is 0 Å². The van der Waals surface area contributed by atoms with Crippen LogP contribution in [0.15, 0.2) is 29.4 Å². The molecule has 0 heterocycles. The molecule has 0 aliphatic carbocycles. The van der Waals surface area contributed by atoms with E-state index in [4.69, 9.17) is 5.53 Å². The van der Waals surface area contributed by atoms with Gasteiger partial charge in [-0.25, -0.2) is 0 Å². The normalized spacial score (nSPS) is 11.5. The number of hydrogen-bond donors (Lipinski definition) is 0. The van der Waals surface area contributed by atoms with Crippen LogP contribution >= 0.6 is 0 Å². The highest BCUT2D eigenvalue weighted by Gasteiger charge is 2.01. The van der Waals surface area contributed by atoms with Crippen LogP contribution in [-0.4, -0.2) is 6.29 Å². The molecule has 0 radical (unpaired) electrons. The Morgan fingerprint density at radius 2 is 2.08 bits per heavy atom. The SMILES string of the molecule is CC(N=[N+]=[N-])c1ccc(C=O)cc1. The van der Waals surface area contributed by atoms with Crippen molar-refractivity contribution in [2.45, 2.75) is 13.0 Å². The number of nitrogens with zero attached hydrogens (tertiary/aromatic N) is 3. The van der Waals surface area contributed by atoms with Gasteiger partial charge in [0.15, 0.2) is 0 Å². The van der Waals surface area contributed by atoms with Crippen LogP contribution in [0, 0.1) is 0 Å². The quantitative estimate of drug-likeness (QED) is 0.301. The highest BCUT2D eigenvalue weighted by atomic mass is 16.1. The Morgan fingerprint density at radius 1 is 1.46 bits per heavy atom. The van der Waals surface area contributed by atoms with Crippen LogP contribution in [0.5, 0.6) is 0 Å². The van der Waals surface area contributed by atoms with Crippen LogP contribution in [0.25, 0.3) is 10.4 Å². The summed E-state index contributed by atoms with van der Waals surface area (Å²) in [6, 6.07) is 6.77. The fraction of sp³-hybridized carbons (Fsp3) is 0.222. The van der Waals surface area contributed by atoms with E-state index in [-0.39, 0.29) is 6.04 Å². The van der Waals surface area contributed by atoms with E-state index in [1.165, 1.54) is 0 Å². The predicted molar refractivity (Wildman–Crippen MR) is 49.4 cm³/mol. The summed E-state index contributed by atoms with van der Waals surface area (Å²) in [6.07, 6.45) is 0.780. The van der Waals surface area contributed by atoms with E-state index in [0.717, 1.165) is 11.8 Å². The molecule has 0 saturated carbocycles. The second-order valence-corrected chi connectivity index (χ2v) is 2.67. The van der Waals surface area contributed by atoms with Crippen LogP contribution in [0.4, 0.5) is 0 Å². The minimum atomic E-state index is -0.189. The first-order valence-electron chi connectivity index (χ1n) is 3.87. The van der Waals surface area contributed by atoms with Gasteiger partial charge in [-0.3, -0.25) is 4.79 Å². The van der Waals surface area contributed by atoms with Crippen LogP contribution in [0.2, 0.25) is 0 Å². The van der Waals surface area contributed by atoms with E-state index in [1.54, 1.807) is 31.2 Å². The minimum Gasteiger partial charge on any atom is -0.298 e. The third kappa shape index (κ3) is 2.32. The van der Waals surface area contributed by atoms with Gasteiger partial charge >= 0.3 is 0 Å². The fourth-order valence-electron chi connectivity index (χ4n) is 0.997. The molecule has 4 heteroatoms. The molecule has 4 nitrogen and oxygen atoms in total. The van der Waals surface area contributed by atoms with E-state index in [2.05, 4.69) is 10.0 Å². The van der Waals surface area contributed by atoms with E-state index in [9.17, 15) is 4.79 Å². The first-order valence-corrected chi connectivity index (χ1v) is 3.87. The molecule has 1 aromatic carbocycles. The van der Waals surface area contributed by atoms with E-state index >= 15 is 0 Å². The summed E-state index contributed by atoms with van der Waals surface area (Å²) in [6.45, 7) is 1.80. The fourth-order valence-corrected chi connectivity index (χ4v) is 0.997. The summed E-state index contributed by atoms with van der Waals surface area (Å²) in [7, 11) is 0. The number of carbonyl (C=O) groups excluding carboxylic acids is 1. The van der Waals surface area contributed by atoms with Crippen molar-refractivity contribution in [1.82, 2.24) is 0 Å². The summed E-state index contributed by atoms with van der Waals surface area (Å²) >= 11 is 0. The Morgan fingerprint density at radius 3 is 2.54 bits per heavy atom. The van der Waals surface area contributed by atoms with Gasteiger partial charge in [0.1, 0.15) is 6.29 Å². The van der Waals surface area contributed by atoms with Crippen molar-refractivity contribution in [2.24, 2.45) is 5.11 Å². The molecule has 1 atom stereocenters. The lowest BCUT2D eigenvalue weighted by Gasteiger charge is -2.03. The summed E-state index contributed by atoms with van der Waals surface area (Å²) in [4.78, 5) is 13.0. The zero-order valence-corrected chi connectivity index (χ0v) is 7.21. The molecule has 0 aliphatic heterocycles. The maximum Gasteiger partial charge on any atom is 0.150 e. The summed E-state index contributed by atoms with van der Waals surface area (Å²) in [5, 5.41) is 3.54. The molecule has 1 aromatic rings. The Kier molecular flexibility index (Phi) is 3.06. The van der Waals surface area contributed by atoms with Crippen LogP contribution < -0.4 is 0 Å². The average molecular weight is 175 g/mol. The first kappa shape index (κ1) is 9.29. The summed E-state index contributed by atoms with van der Waals surface area (Å²) < 4.78 is 0. The first-order chi connectivity index (χ1) is 6.27. The highest BCUT2D eigenvalue weighted by Crippen LogP contribution is 2.16. The van der Waals surface area contributed by atoms with E-state index in [0.29, 0.717) is 5.56 Å². The number of benzene rings is 1. The number of rotatable bonds is 3. The predicted octanol–water partition coefficient (Wildman–Crippen LogP) is 2.87. The van der Waals surface area contributed by atoms with Gasteiger partial charge < -0.3 is 0 Å². The molecule has 13 heavy (non-hydrogen) atoms. The monoisotopic (exact) mass is 175 g/mol. The Hall–Kier alpha value is -1.80. The van der Waals surface area contributed by atoms with Gasteiger partial charge in [0, 0.05) is 10.5 Å². The summed E-state index contributed by atoms with van der Waals surface area (Å²) in [5.41, 5.74) is 9.73. The number of hydrogen-bond acceptors (Lipinski definition) is 2. The Balaban J connectivity index is 2.91. The molecule has 66 valence electrons. The molecule has 1 unspecified atom stereocenters. The van der Waals surface area contributed by atoms with Gasteiger partial charge in [0.25, 0.3) is 0 Å². The van der Waals surface area contributed by atoms with Crippen LogP contribution in [-0.2, 0) is 0 Å². The molecule has 0 aliphatic rings. The highest BCUT2D eigenvalue weighted by molar-refractivity contribution is 5.74. The lowest BCUT2D eigenvalue weighted by atomic mass is 10.1. The molecule has 0 aromatic heterocycles. The number of aldehydes is 1. The third-order valence-electron chi connectivity index (χ3n) is 1.78. The van der Waals surface area contributed by atoms with Crippen molar-refractivity contribution < 1.29 is 4.79 Å². The topological polar surface area (TPSA) is 65.8 Å². The molecule has 1 rings (SSSR count). The lowest BCUT2D eigenvalue weighted by molar-refractivity contribution is 0.112. The zero-order valence-electron chi connectivity index (χ0n) is 7.21. The maximum atomic E-state index is 10.3. The zero-order chi connectivity index (χ0) is 9.68. The van der Waals surface area contributed by atoms with Gasteiger partial charge in [0.2, 0.25) is 0 Å². The van der Waals surface area contributed by atoms with Gasteiger partial charge in [-0.2, -0.15) is 0 Å². The van der Waals surface area contributed by atoms with Crippen molar-refractivity contribution in [3.8, 4) is 0 Å². The van der Waals surface area contributed by atoms with E-state index in [1.807, 2.05) is 0 Å². The largest absolute Gasteiger partial charge is 0.298 e. The molecular weight excluding hydrogens is 166 g/mol. The van der Waals surface area contributed by atoms with Gasteiger partial charge in [0.05, 0.1) is 6.04 Å². The minimum absolute atomic E-state index is 0.189. The van der Waals surface area contributed by atoms with Crippen molar-refractivity contribution in [3.63, 3.8) is 0 Å².